The molecule has 6 nitrogen and oxygen atoms in total. The number of rotatable bonds is 8. The molecule has 2 N–H and O–H groups in total. The number of anilines is 1. The Morgan fingerprint density at radius 2 is 2.07 bits per heavy atom. The lowest BCUT2D eigenvalue weighted by Crippen LogP contribution is -2.48. The molecular weight excluding hydrogens is 342 g/mol. The molecule has 0 bridgehead atoms. The van der Waals surface area contributed by atoms with E-state index in [1.807, 2.05) is 45.3 Å². The first-order chi connectivity index (χ1) is 12.8. The maximum absolute atomic E-state index is 12.5. The van der Waals surface area contributed by atoms with E-state index < -0.39 is 0 Å². The van der Waals surface area contributed by atoms with Crippen molar-refractivity contribution in [3.8, 4) is 5.75 Å². The van der Waals surface area contributed by atoms with Gasteiger partial charge in [0.1, 0.15) is 12.4 Å². The van der Waals surface area contributed by atoms with Crippen molar-refractivity contribution in [1.82, 2.24) is 10.2 Å². The van der Waals surface area contributed by atoms with Crippen LogP contribution in [0.5, 0.6) is 5.75 Å². The van der Waals surface area contributed by atoms with Crippen LogP contribution in [-0.4, -0.2) is 56.9 Å². The molecular formula is C21H35N3O3. The van der Waals surface area contributed by atoms with Crippen molar-refractivity contribution in [3.63, 3.8) is 0 Å². The first-order valence-electron chi connectivity index (χ1n) is 9.83. The molecule has 1 aromatic rings. The van der Waals surface area contributed by atoms with Crippen LogP contribution in [0.4, 0.5) is 10.5 Å². The number of nitrogens with one attached hydrogen (secondary N) is 2. The van der Waals surface area contributed by atoms with E-state index in [0.29, 0.717) is 18.0 Å². The highest BCUT2D eigenvalue weighted by molar-refractivity contribution is 5.91. The van der Waals surface area contributed by atoms with Crippen LogP contribution in [-0.2, 0) is 4.74 Å². The summed E-state index contributed by atoms with van der Waals surface area (Å²) in [4.78, 5) is 14.6. The fourth-order valence-corrected chi connectivity index (χ4v) is 3.32. The zero-order chi connectivity index (χ0) is 19.9. The van der Waals surface area contributed by atoms with Crippen molar-refractivity contribution in [1.29, 1.82) is 0 Å². The molecule has 152 valence electrons. The number of urea groups is 1. The number of benzene rings is 1. The average Bonchev–Trinajstić information content (AvgIpc) is 2.60. The molecule has 1 fully saturated rings. The third-order valence-electron chi connectivity index (χ3n) is 5.08. The topological polar surface area (TPSA) is 62.8 Å². The Morgan fingerprint density at radius 3 is 2.74 bits per heavy atom. The predicted octanol–water partition coefficient (Wildman–Crippen LogP) is 3.73. The molecule has 27 heavy (non-hydrogen) atoms. The minimum absolute atomic E-state index is 0.0172. The van der Waals surface area contributed by atoms with Gasteiger partial charge in [0.2, 0.25) is 0 Å². The van der Waals surface area contributed by atoms with Gasteiger partial charge in [-0.2, -0.15) is 0 Å². The number of nitrogens with zero attached hydrogens (tertiary/aromatic N) is 1. The van der Waals surface area contributed by atoms with Gasteiger partial charge in [0.15, 0.2) is 0 Å². The summed E-state index contributed by atoms with van der Waals surface area (Å²) in [5, 5.41) is 5.97. The van der Waals surface area contributed by atoms with Gasteiger partial charge in [-0.05, 0) is 57.8 Å². The van der Waals surface area contributed by atoms with Gasteiger partial charge in [-0.15, -0.1) is 0 Å². The normalized spacial score (nSPS) is 18.8. The second kappa shape index (κ2) is 9.95. The zero-order valence-electron chi connectivity index (χ0n) is 17.4. The van der Waals surface area contributed by atoms with E-state index in [-0.39, 0.29) is 23.6 Å². The van der Waals surface area contributed by atoms with Gasteiger partial charge in [-0.3, -0.25) is 0 Å². The number of amides is 2. The van der Waals surface area contributed by atoms with Gasteiger partial charge in [0.05, 0.1) is 11.8 Å². The van der Waals surface area contributed by atoms with Crippen molar-refractivity contribution in [2.75, 3.05) is 39.2 Å². The third-order valence-corrected chi connectivity index (χ3v) is 5.08. The van der Waals surface area contributed by atoms with Crippen LogP contribution in [0.15, 0.2) is 24.3 Å². The average molecular weight is 378 g/mol. The molecule has 2 rings (SSSR count). The highest BCUT2D eigenvalue weighted by atomic mass is 16.5. The summed E-state index contributed by atoms with van der Waals surface area (Å²) in [5.74, 6) is 0.669. The van der Waals surface area contributed by atoms with Gasteiger partial charge in [0.25, 0.3) is 0 Å². The van der Waals surface area contributed by atoms with Gasteiger partial charge in [0, 0.05) is 19.2 Å². The van der Waals surface area contributed by atoms with Gasteiger partial charge < -0.3 is 25.0 Å². The first-order valence-corrected chi connectivity index (χ1v) is 9.83. The molecule has 1 aliphatic heterocycles. The molecule has 1 aromatic carbocycles. The maximum atomic E-state index is 12.5. The van der Waals surface area contributed by atoms with E-state index >= 15 is 0 Å². The molecule has 6 heteroatoms. The Hall–Kier alpha value is -1.79. The van der Waals surface area contributed by atoms with E-state index in [0.717, 1.165) is 26.0 Å². The third kappa shape index (κ3) is 7.03. The molecule has 0 unspecified atom stereocenters. The summed E-state index contributed by atoms with van der Waals surface area (Å²) in [6, 6.07) is 7.31. The minimum Gasteiger partial charge on any atom is -0.489 e. The van der Waals surface area contributed by atoms with Crippen molar-refractivity contribution in [2.45, 2.75) is 52.2 Å². The fraction of sp³-hybridized carbons (Fsp3) is 0.667. The molecule has 1 saturated heterocycles. The van der Waals surface area contributed by atoms with Crippen LogP contribution in [0.2, 0.25) is 0 Å². The van der Waals surface area contributed by atoms with Crippen molar-refractivity contribution in [2.24, 2.45) is 5.41 Å². The van der Waals surface area contributed by atoms with Crippen LogP contribution in [0.25, 0.3) is 0 Å². The summed E-state index contributed by atoms with van der Waals surface area (Å²) in [6.07, 6.45) is 3.45. The molecule has 1 heterocycles. The van der Waals surface area contributed by atoms with E-state index in [1.54, 1.807) is 0 Å². The standard InChI is InChI=1S/C21H35N3O3/c1-16(21(2,3)15-24(4)5)22-20(25)23-18-11-6-7-12-19(18)27-14-17-10-8-9-13-26-17/h6-7,11-12,16-17H,8-10,13-15H2,1-5H3,(H2,22,23,25)/t16-,17+/m1/s1. The number of para-hydroxylation sites is 2. The lowest BCUT2D eigenvalue weighted by atomic mass is 9.85. The van der Waals surface area contributed by atoms with E-state index in [9.17, 15) is 4.79 Å². The smallest absolute Gasteiger partial charge is 0.319 e. The summed E-state index contributed by atoms with van der Waals surface area (Å²) < 4.78 is 11.6. The predicted molar refractivity (Wildman–Crippen MR) is 109 cm³/mol. The number of carbonyl (C=O) groups is 1. The van der Waals surface area contributed by atoms with E-state index in [2.05, 4.69) is 29.4 Å². The first kappa shape index (κ1) is 21.5. The Balaban J connectivity index is 1.91. The van der Waals surface area contributed by atoms with Crippen LogP contribution in [0.3, 0.4) is 0 Å². The quantitative estimate of drug-likeness (QED) is 0.725. The number of hydrogen-bond acceptors (Lipinski definition) is 4. The van der Waals surface area contributed by atoms with Crippen LogP contribution in [0, 0.1) is 5.41 Å². The van der Waals surface area contributed by atoms with Crippen LogP contribution in [0.1, 0.15) is 40.0 Å². The molecule has 2 atom stereocenters. The molecule has 2 amide bonds. The molecule has 1 aliphatic rings. The summed E-state index contributed by atoms with van der Waals surface area (Å²) >= 11 is 0. The number of carbonyl (C=O) groups excluding carboxylic acids is 1. The van der Waals surface area contributed by atoms with Gasteiger partial charge >= 0.3 is 6.03 Å². The summed E-state index contributed by atoms with van der Waals surface area (Å²) in [5.41, 5.74) is 0.623. The molecule has 0 aromatic heterocycles. The highest BCUT2D eigenvalue weighted by Gasteiger charge is 2.28. The Kier molecular flexibility index (Phi) is 7.92. The van der Waals surface area contributed by atoms with E-state index in [4.69, 9.17) is 9.47 Å². The maximum Gasteiger partial charge on any atom is 0.319 e. The van der Waals surface area contributed by atoms with Gasteiger partial charge in [-0.25, -0.2) is 4.79 Å². The van der Waals surface area contributed by atoms with Crippen LogP contribution < -0.4 is 15.4 Å². The SMILES string of the molecule is C[C@@H](NC(=O)Nc1ccccc1OC[C@@H]1CCCCO1)C(C)(C)CN(C)C. The number of ether oxygens (including phenoxy) is 2. The largest absolute Gasteiger partial charge is 0.489 e. The second-order valence-electron chi connectivity index (χ2n) is 8.34. The monoisotopic (exact) mass is 377 g/mol. The lowest BCUT2D eigenvalue weighted by molar-refractivity contribution is -0.0109. The summed E-state index contributed by atoms with van der Waals surface area (Å²) in [6.45, 7) is 8.53. The summed E-state index contributed by atoms with van der Waals surface area (Å²) in [7, 11) is 4.08. The van der Waals surface area contributed by atoms with Gasteiger partial charge in [-0.1, -0.05) is 26.0 Å². The Labute approximate surface area is 163 Å². The molecule has 0 aliphatic carbocycles. The molecule has 0 spiro atoms. The Morgan fingerprint density at radius 1 is 1.33 bits per heavy atom. The zero-order valence-corrected chi connectivity index (χ0v) is 17.4. The van der Waals surface area contributed by atoms with Crippen molar-refractivity contribution < 1.29 is 14.3 Å². The molecule has 0 radical (unpaired) electrons. The Bertz CT molecular complexity index is 598. The second-order valence-corrected chi connectivity index (χ2v) is 8.34. The van der Waals surface area contributed by atoms with E-state index in [1.165, 1.54) is 6.42 Å². The highest BCUT2D eigenvalue weighted by Crippen LogP contribution is 2.26. The number of hydrogen-bond donors (Lipinski definition) is 2. The van der Waals surface area contributed by atoms with Crippen LogP contribution >= 0.6 is 0 Å². The lowest BCUT2D eigenvalue weighted by Gasteiger charge is -2.34. The minimum atomic E-state index is -0.223. The molecule has 0 saturated carbocycles. The van der Waals surface area contributed by atoms with Crippen molar-refractivity contribution >= 4 is 11.7 Å². The van der Waals surface area contributed by atoms with Crippen molar-refractivity contribution in [3.05, 3.63) is 24.3 Å². The fourth-order valence-electron chi connectivity index (χ4n) is 3.32.